The van der Waals surface area contributed by atoms with Gasteiger partial charge in [-0.15, -0.1) is 0 Å². The smallest absolute Gasteiger partial charge is 0.266 e. The van der Waals surface area contributed by atoms with Crippen LogP contribution < -0.4 is 5.32 Å². The van der Waals surface area contributed by atoms with E-state index in [0.717, 1.165) is 23.2 Å². The maximum Gasteiger partial charge on any atom is 0.266 e. The van der Waals surface area contributed by atoms with Gasteiger partial charge in [-0.2, -0.15) is 0 Å². The average Bonchev–Trinajstić information content (AvgIpc) is 2.81. The largest absolute Gasteiger partial charge is 0.455 e. The zero-order valence-corrected chi connectivity index (χ0v) is 8.60. The Morgan fingerprint density at radius 2 is 2.00 bits per heavy atom. The van der Waals surface area contributed by atoms with Gasteiger partial charge in [0.15, 0.2) is 0 Å². The summed E-state index contributed by atoms with van der Waals surface area (Å²) in [5, 5.41) is 2.85. The molecule has 0 aliphatic carbocycles. The molecule has 4 heteroatoms. The van der Waals surface area contributed by atoms with E-state index in [0.29, 0.717) is 6.42 Å². The maximum atomic E-state index is 11.3. The fourth-order valence-electron chi connectivity index (χ4n) is 2.06. The Morgan fingerprint density at radius 1 is 1.19 bits per heavy atom. The molecule has 2 aliphatic rings. The van der Waals surface area contributed by atoms with Crippen molar-refractivity contribution in [1.29, 1.82) is 0 Å². The second-order valence-electron chi connectivity index (χ2n) is 3.80. The van der Waals surface area contributed by atoms with Crippen molar-refractivity contribution in [2.45, 2.75) is 19.1 Å². The number of rotatable bonds is 1. The minimum Gasteiger partial charge on any atom is -0.455 e. The van der Waals surface area contributed by atoms with E-state index in [2.05, 4.69) is 5.32 Å². The number of carbonyl (C=O) groups is 1. The number of carbonyl (C=O) groups excluding carboxylic acids is 1. The van der Waals surface area contributed by atoms with Crippen LogP contribution in [0.25, 0.3) is 0 Å². The maximum absolute atomic E-state index is 11.3. The third kappa shape index (κ3) is 1.43. The lowest BCUT2D eigenvalue weighted by Crippen LogP contribution is -2.20. The molecule has 0 atom stereocenters. The van der Waals surface area contributed by atoms with E-state index in [-0.39, 0.29) is 12.2 Å². The molecule has 0 spiro atoms. The lowest BCUT2D eigenvalue weighted by molar-refractivity contribution is -0.116. The molecule has 0 radical (unpaired) electrons. The molecule has 0 unspecified atom stereocenters. The van der Waals surface area contributed by atoms with Gasteiger partial charge in [0.2, 0.25) is 5.91 Å². The predicted molar refractivity (Wildman–Crippen MR) is 57.4 cm³/mol. The van der Waals surface area contributed by atoms with Gasteiger partial charge in [0.05, 0.1) is 0 Å². The van der Waals surface area contributed by atoms with E-state index < -0.39 is 0 Å². The quantitative estimate of drug-likeness (QED) is 0.783. The third-order valence-corrected chi connectivity index (χ3v) is 2.80. The van der Waals surface area contributed by atoms with Crippen LogP contribution in [0, 0.1) is 0 Å². The minimum atomic E-state index is -0.370. The van der Waals surface area contributed by atoms with Crippen LogP contribution in [0.1, 0.15) is 23.8 Å². The zero-order chi connectivity index (χ0) is 11.0. The average molecular weight is 217 g/mol. The fraction of sp³-hybridized carbons (Fsp3) is 0.250. The Kier molecular flexibility index (Phi) is 2.06. The fourth-order valence-corrected chi connectivity index (χ4v) is 2.06. The number of amides is 1. The summed E-state index contributed by atoms with van der Waals surface area (Å²) in [5.74, 6) is 0.0658. The summed E-state index contributed by atoms with van der Waals surface area (Å²) in [6, 6.07) is 5.76. The van der Waals surface area contributed by atoms with Crippen LogP contribution in [-0.2, 0) is 20.7 Å². The van der Waals surface area contributed by atoms with E-state index in [1.807, 2.05) is 18.2 Å². The summed E-state index contributed by atoms with van der Waals surface area (Å²) < 4.78 is 10.6. The van der Waals surface area contributed by atoms with E-state index in [4.69, 9.17) is 9.47 Å². The number of benzene rings is 1. The minimum absolute atomic E-state index is 0.0658. The Morgan fingerprint density at radius 3 is 2.81 bits per heavy atom. The highest BCUT2D eigenvalue weighted by Gasteiger charge is 2.24. The SMILES string of the molecule is O=C1CCc2c(cccc2C2OC=CO2)N1. The molecule has 16 heavy (non-hydrogen) atoms. The van der Waals surface area contributed by atoms with Crippen LogP contribution in [0.2, 0.25) is 0 Å². The first-order chi connectivity index (χ1) is 7.84. The second kappa shape index (κ2) is 3.56. The first kappa shape index (κ1) is 9.27. The van der Waals surface area contributed by atoms with Crippen molar-refractivity contribution in [3.63, 3.8) is 0 Å². The molecule has 1 amide bonds. The van der Waals surface area contributed by atoms with E-state index in [1.165, 1.54) is 12.5 Å². The molecule has 0 fully saturated rings. The number of ether oxygens (including phenoxy) is 2. The summed E-state index contributed by atoms with van der Waals surface area (Å²) in [4.78, 5) is 11.3. The molecule has 0 saturated carbocycles. The van der Waals surface area contributed by atoms with Crippen molar-refractivity contribution < 1.29 is 14.3 Å². The summed E-state index contributed by atoms with van der Waals surface area (Å²) >= 11 is 0. The molecule has 2 aliphatic heterocycles. The first-order valence-electron chi connectivity index (χ1n) is 5.22. The van der Waals surface area contributed by atoms with Crippen molar-refractivity contribution >= 4 is 11.6 Å². The number of nitrogens with one attached hydrogen (secondary N) is 1. The molecule has 4 nitrogen and oxygen atoms in total. The van der Waals surface area contributed by atoms with Gasteiger partial charge >= 0.3 is 0 Å². The number of hydrogen-bond acceptors (Lipinski definition) is 3. The van der Waals surface area contributed by atoms with Crippen molar-refractivity contribution in [2.24, 2.45) is 0 Å². The Hall–Kier alpha value is -1.97. The summed E-state index contributed by atoms with van der Waals surface area (Å²) in [6.07, 6.45) is 3.95. The van der Waals surface area contributed by atoms with Crippen LogP contribution >= 0.6 is 0 Å². The number of anilines is 1. The van der Waals surface area contributed by atoms with E-state index in [9.17, 15) is 4.79 Å². The Balaban J connectivity index is 1.99. The summed E-state index contributed by atoms with van der Waals surface area (Å²) in [6.45, 7) is 0. The van der Waals surface area contributed by atoms with Crippen LogP contribution in [0.5, 0.6) is 0 Å². The van der Waals surface area contributed by atoms with Crippen molar-refractivity contribution in [3.8, 4) is 0 Å². The molecular formula is C12H11NO3. The lowest BCUT2D eigenvalue weighted by atomic mass is 9.97. The predicted octanol–water partition coefficient (Wildman–Crippen LogP) is 2.09. The molecule has 0 saturated heterocycles. The van der Waals surface area contributed by atoms with E-state index >= 15 is 0 Å². The number of fused-ring (bicyclic) bond motifs is 1. The Labute approximate surface area is 92.9 Å². The highest BCUT2D eigenvalue weighted by molar-refractivity contribution is 5.94. The third-order valence-electron chi connectivity index (χ3n) is 2.80. The van der Waals surface area contributed by atoms with Gasteiger partial charge < -0.3 is 14.8 Å². The molecule has 1 aromatic rings. The van der Waals surface area contributed by atoms with Crippen molar-refractivity contribution in [1.82, 2.24) is 0 Å². The zero-order valence-electron chi connectivity index (χ0n) is 8.60. The lowest BCUT2D eigenvalue weighted by Gasteiger charge is -2.22. The molecular weight excluding hydrogens is 206 g/mol. The monoisotopic (exact) mass is 217 g/mol. The Bertz CT molecular complexity index is 459. The van der Waals surface area contributed by atoms with Crippen LogP contribution in [0.3, 0.4) is 0 Å². The highest BCUT2D eigenvalue weighted by atomic mass is 16.7. The van der Waals surface area contributed by atoms with Crippen molar-refractivity contribution in [2.75, 3.05) is 5.32 Å². The normalized spacial score (nSPS) is 18.6. The van der Waals surface area contributed by atoms with Crippen LogP contribution in [-0.4, -0.2) is 5.91 Å². The van der Waals surface area contributed by atoms with Gasteiger partial charge in [-0.25, -0.2) is 0 Å². The molecule has 3 rings (SSSR count). The standard InChI is InChI=1S/C12H11NO3/c14-11-5-4-8-9(12-15-6-7-16-12)2-1-3-10(8)13-11/h1-3,6-7,12H,4-5H2,(H,13,14). The summed E-state index contributed by atoms with van der Waals surface area (Å²) in [5.41, 5.74) is 2.96. The number of hydrogen-bond donors (Lipinski definition) is 1. The van der Waals surface area contributed by atoms with Crippen LogP contribution in [0.15, 0.2) is 30.7 Å². The molecule has 82 valence electrons. The summed E-state index contributed by atoms with van der Waals surface area (Å²) in [7, 11) is 0. The molecule has 1 aromatic carbocycles. The van der Waals surface area contributed by atoms with Gasteiger partial charge in [0, 0.05) is 17.7 Å². The second-order valence-corrected chi connectivity index (χ2v) is 3.80. The topological polar surface area (TPSA) is 47.6 Å². The molecule has 2 heterocycles. The van der Waals surface area contributed by atoms with Gasteiger partial charge in [0.25, 0.3) is 6.29 Å². The highest BCUT2D eigenvalue weighted by Crippen LogP contribution is 2.33. The first-order valence-corrected chi connectivity index (χ1v) is 5.22. The van der Waals surface area contributed by atoms with E-state index in [1.54, 1.807) is 0 Å². The van der Waals surface area contributed by atoms with Crippen molar-refractivity contribution in [3.05, 3.63) is 41.9 Å². The molecule has 0 bridgehead atoms. The molecule has 1 N–H and O–H groups in total. The van der Waals surface area contributed by atoms with Gasteiger partial charge in [-0.1, -0.05) is 12.1 Å². The molecule has 0 aromatic heterocycles. The van der Waals surface area contributed by atoms with Gasteiger partial charge in [-0.05, 0) is 18.1 Å². The van der Waals surface area contributed by atoms with Crippen LogP contribution in [0.4, 0.5) is 5.69 Å². The van der Waals surface area contributed by atoms with Gasteiger partial charge in [0.1, 0.15) is 12.5 Å². The van der Waals surface area contributed by atoms with Gasteiger partial charge in [-0.3, -0.25) is 4.79 Å².